The van der Waals surface area contributed by atoms with Crippen LogP contribution in [0.4, 0.5) is 5.69 Å². The smallest absolute Gasteiger partial charge is 0.191 e. The van der Waals surface area contributed by atoms with Gasteiger partial charge in [0.2, 0.25) is 0 Å². The van der Waals surface area contributed by atoms with Gasteiger partial charge in [0.15, 0.2) is 5.96 Å². The van der Waals surface area contributed by atoms with Crippen LogP contribution < -0.4 is 15.5 Å². The van der Waals surface area contributed by atoms with Gasteiger partial charge >= 0.3 is 0 Å². The van der Waals surface area contributed by atoms with Crippen LogP contribution in [0.15, 0.2) is 29.3 Å². The van der Waals surface area contributed by atoms with Crippen molar-refractivity contribution in [1.82, 2.24) is 10.6 Å². The molecule has 1 aliphatic heterocycles. The molecule has 0 bridgehead atoms. The SMILES string of the molecule is CN=C(NCCCOC1CCCCC1)NCc1ccc(N2CCSCC2)cc1. The van der Waals surface area contributed by atoms with E-state index in [2.05, 4.69) is 44.8 Å². The van der Waals surface area contributed by atoms with Crippen molar-refractivity contribution >= 4 is 23.4 Å². The fourth-order valence-corrected chi connectivity index (χ4v) is 4.72. The van der Waals surface area contributed by atoms with E-state index in [9.17, 15) is 0 Å². The quantitative estimate of drug-likeness (QED) is 0.393. The molecule has 0 unspecified atom stereocenters. The van der Waals surface area contributed by atoms with Crippen molar-refractivity contribution in [2.24, 2.45) is 4.99 Å². The zero-order valence-corrected chi connectivity index (χ0v) is 18.1. The van der Waals surface area contributed by atoms with Crippen molar-refractivity contribution in [3.05, 3.63) is 29.8 Å². The van der Waals surface area contributed by atoms with Crippen LogP contribution in [-0.4, -0.2) is 56.9 Å². The summed E-state index contributed by atoms with van der Waals surface area (Å²) in [6, 6.07) is 8.92. The molecule has 3 rings (SSSR count). The van der Waals surface area contributed by atoms with Crippen LogP contribution in [0.2, 0.25) is 0 Å². The van der Waals surface area contributed by atoms with E-state index in [4.69, 9.17) is 4.74 Å². The topological polar surface area (TPSA) is 48.9 Å². The molecule has 2 fully saturated rings. The second-order valence-corrected chi connectivity index (χ2v) is 8.83. The lowest BCUT2D eigenvalue weighted by Gasteiger charge is -2.28. The Morgan fingerprint density at radius 1 is 1.11 bits per heavy atom. The molecular weight excluding hydrogens is 368 g/mol. The van der Waals surface area contributed by atoms with Crippen LogP contribution in [0.5, 0.6) is 0 Å². The van der Waals surface area contributed by atoms with Crippen molar-refractivity contribution in [1.29, 1.82) is 0 Å². The molecule has 0 amide bonds. The predicted molar refractivity (Wildman–Crippen MR) is 122 cm³/mol. The van der Waals surface area contributed by atoms with E-state index in [1.807, 2.05) is 18.8 Å². The van der Waals surface area contributed by atoms with Crippen LogP contribution in [0, 0.1) is 0 Å². The van der Waals surface area contributed by atoms with Crippen LogP contribution in [0.1, 0.15) is 44.1 Å². The van der Waals surface area contributed by atoms with Crippen LogP contribution in [0.3, 0.4) is 0 Å². The molecule has 0 radical (unpaired) electrons. The highest BCUT2D eigenvalue weighted by atomic mass is 32.2. The predicted octanol–water partition coefficient (Wildman–Crippen LogP) is 3.64. The first-order valence-electron chi connectivity index (χ1n) is 10.8. The first-order valence-corrected chi connectivity index (χ1v) is 12.0. The second kappa shape index (κ2) is 12.2. The minimum Gasteiger partial charge on any atom is -0.378 e. The van der Waals surface area contributed by atoms with E-state index in [1.165, 1.54) is 54.9 Å². The summed E-state index contributed by atoms with van der Waals surface area (Å²) in [6.45, 7) is 4.82. The van der Waals surface area contributed by atoms with Crippen molar-refractivity contribution in [2.45, 2.75) is 51.2 Å². The molecule has 2 aliphatic rings. The number of aliphatic imine (C=N–C) groups is 1. The third kappa shape index (κ3) is 7.21. The van der Waals surface area contributed by atoms with Crippen molar-refractivity contribution < 1.29 is 4.74 Å². The summed E-state index contributed by atoms with van der Waals surface area (Å²) >= 11 is 2.05. The maximum absolute atomic E-state index is 5.98. The summed E-state index contributed by atoms with van der Waals surface area (Å²) in [5.74, 6) is 3.32. The lowest BCUT2D eigenvalue weighted by atomic mass is 9.98. The van der Waals surface area contributed by atoms with E-state index in [1.54, 1.807) is 0 Å². The zero-order valence-electron chi connectivity index (χ0n) is 17.3. The average Bonchev–Trinajstić information content (AvgIpc) is 2.77. The van der Waals surface area contributed by atoms with Gasteiger partial charge in [-0.25, -0.2) is 0 Å². The summed E-state index contributed by atoms with van der Waals surface area (Å²) in [5, 5.41) is 6.79. The molecule has 5 nitrogen and oxygen atoms in total. The van der Waals surface area contributed by atoms with Gasteiger partial charge in [0.1, 0.15) is 0 Å². The Morgan fingerprint density at radius 3 is 2.57 bits per heavy atom. The van der Waals surface area contributed by atoms with Gasteiger partial charge in [0.05, 0.1) is 6.10 Å². The van der Waals surface area contributed by atoms with Gasteiger partial charge in [-0.05, 0) is 37.0 Å². The van der Waals surface area contributed by atoms with Gasteiger partial charge in [0.25, 0.3) is 0 Å². The molecule has 6 heteroatoms. The maximum Gasteiger partial charge on any atom is 0.191 e. The normalized spacial score (nSPS) is 18.9. The molecule has 1 aromatic carbocycles. The lowest BCUT2D eigenvalue weighted by molar-refractivity contribution is 0.0277. The Hall–Kier alpha value is -1.40. The molecule has 0 atom stereocenters. The van der Waals surface area contributed by atoms with Crippen molar-refractivity contribution in [3.8, 4) is 0 Å². The largest absolute Gasteiger partial charge is 0.378 e. The fraction of sp³-hybridized carbons (Fsp3) is 0.682. The Morgan fingerprint density at radius 2 is 1.86 bits per heavy atom. The highest BCUT2D eigenvalue weighted by Gasteiger charge is 2.13. The Bertz CT molecular complexity index is 581. The molecule has 1 saturated heterocycles. The zero-order chi connectivity index (χ0) is 19.4. The monoisotopic (exact) mass is 404 g/mol. The first-order chi connectivity index (χ1) is 13.8. The minimum absolute atomic E-state index is 0.498. The summed E-state index contributed by atoms with van der Waals surface area (Å²) in [6.07, 6.45) is 8.04. The van der Waals surface area contributed by atoms with E-state index in [0.29, 0.717) is 6.10 Å². The fourth-order valence-electron chi connectivity index (χ4n) is 3.81. The molecule has 156 valence electrons. The number of anilines is 1. The number of guanidine groups is 1. The molecule has 0 aromatic heterocycles. The molecule has 28 heavy (non-hydrogen) atoms. The van der Waals surface area contributed by atoms with Gasteiger partial charge in [-0.15, -0.1) is 0 Å². The van der Waals surface area contributed by atoms with Crippen LogP contribution in [0.25, 0.3) is 0 Å². The molecule has 1 aromatic rings. The van der Waals surface area contributed by atoms with Gasteiger partial charge in [-0.1, -0.05) is 31.4 Å². The van der Waals surface area contributed by atoms with Crippen LogP contribution >= 0.6 is 11.8 Å². The number of hydrogen-bond acceptors (Lipinski definition) is 4. The Labute approximate surface area is 174 Å². The number of hydrogen-bond donors (Lipinski definition) is 2. The highest BCUT2D eigenvalue weighted by molar-refractivity contribution is 7.99. The molecule has 0 spiro atoms. The lowest BCUT2D eigenvalue weighted by Crippen LogP contribution is -2.37. The molecule has 1 heterocycles. The third-order valence-corrected chi connectivity index (χ3v) is 6.46. The first kappa shape index (κ1) is 21.3. The van der Waals surface area contributed by atoms with Crippen molar-refractivity contribution in [3.63, 3.8) is 0 Å². The molecule has 1 aliphatic carbocycles. The number of benzene rings is 1. The standard InChI is InChI=1S/C22H36N4OS/c1-23-22(24-12-5-15-27-21-6-3-2-4-7-21)25-18-19-8-10-20(11-9-19)26-13-16-28-17-14-26/h8-11,21H,2-7,12-18H2,1H3,(H2,23,24,25). The summed E-state index contributed by atoms with van der Waals surface area (Å²) < 4.78 is 5.98. The number of nitrogens with one attached hydrogen (secondary N) is 2. The number of nitrogens with zero attached hydrogens (tertiary/aromatic N) is 2. The van der Waals surface area contributed by atoms with Crippen molar-refractivity contribution in [2.75, 3.05) is 49.7 Å². The minimum atomic E-state index is 0.498. The summed E-state index contributed by atoms with van der Waals surface area (Å²) in [4.78, 5) is 6.80. The van der Waals surface area contributed by atoms with Crippen LogP contribution in [-0.2, 0) is 11.3 Å². The maximum atomic E-state index is 5.98. The van der Waals surface area contributed by atoms with E-state index < -0.39 is 0 Å². The van der Waals surface area contributed by atoms with E-state index in [-0.39, 0.29) is 0 Å². The van der Waals surface area contributed by atoms with Gasteiger partial charge in [-0.3, -0.25) is 4.99 Å². The summed E-state index contributed by atoms with van der Waals surface area (Å²) in [7, 11) is 1.82. The van der Waals surface area contributed by atoms with E-state index in [0.717, 1.165) is 45.2 Å². The van der Waals surface area contributed by atoms with Gasteiger partial charge in [-0.2, -0.15) is 11.8 Å². The number of ether oxygens (including phenoxy) is 1. The highest BCUT2D eigenvalue weighted by Crippen LogP contribution is 2.21. The molecular formula is C22H36N4OS. The molecule has 2 N–H and O–H groups in total. The number of thioether (sulfide) groups is 1. The van der Waals surface area contributed by atoms with Gasteiger partial charge in [0, 0.05) is 57.0 Å². The Balaban J connectivity index is 1.31. The third-order valence-electron chi connectivity index (χ3n) is 5.52. The average molecular weight is 405 g/mol. The number of rotatable bonds is 8. The Kier molecular flexibility index (Phi) is 9.30. The second-order valence-electron chi connectivity index (χ2n) is 7.60. The summed E-state index contributed by atoms with van der Waals surface area (Å²) in [5.41, 5.74) is 2.61. The molecule has 1 saturated carbocycles. The van der Waals surface area contributed by atoms with Gasteiger partial charge < -0.3 is 20.3 Å². The van der Waals surface area contributed by atoms with E-state index >= 15 is 0 Å².